The number of methoxy groups -OCH3 is 1. The second-order valence-electron chi connectivity index (χ2n) is 2.78. The highest BCUT2D eigenvalue weighted by molar-refractivity contribution is 9.09. The summed E-state index contributed by atoms with van der Waals surface area (Å²) in [6.45, 7) is 5.69. The van der Waals surface area contributed by atoms with Crippen LogP contribution in [0.3, 0.4) is 0 Å². The number of carbonyl (C=O) groups excluding carboxylic acids is 1. The topological polar surface area (TPSA) is 26.3 Å². The van der Waals surface area contributed by atoms with Crippen molar-refractivity contribution in [3.8, 4) is 0 Å². The van der Waals surface area contributed by atoms with E-state index in [4.69, 9.17) is 11.6 Å². The molecular weight excluding hydrogens is 279 g/mol. The Hall–Kier alpha value is -0.540. The van der Waals surface area contributed by atoms with Crippen LogP contribution in [0.1, 0.15) is 13.3 Å². The first-order chi connectivity index (χ1) is 7.06. The average molecular weight is 294 g/mol. The fraction of sp³-hybridized carbons (Fsp3) is 0.364. The van der Waals surface area contributed by atoms with Gasteiger partial charge in [0.25, 0.3) is 0 Å². The summed E-state index contributed by atoms with van der Waals surface area (Å²) in [4.78, 5) is 11.4. The molecule has 84 valence electrons. The fourth-order valence-corrected chi connectivity index (χ4v) is 1.17. The van der Waals surface area contributed by atoms with E-state index in [1.54, 1.807) is 12.2 Å². The first-order valence-corrected chi connectivity index (χ1v) is 5.95. The van der Waals surface area contributed by atoms with E-state index in [9.17, 15) is 4.79 Å². The molecule has 2 nitrogen and oxygen atoms in total. The van der Waals surface area contributed by atoms with Crippen molar-refractivity contribution in [2.24, 2.45) is 0 Å². The number of alkyl halides is 1. The van der Waals surface area contributed by atoms with Crippen LogP contribution in [0.15, 0.2) is 34.9 Å². The summed E-state index contributed by atoms with van der Waals surface area (Å²) in [6.07, 6.45) is 4.04. The Balaban J connectivity index is 4.94. The van der Waals surface area contributed by atoms with Crippen LogP contribution in [0.2, 0.25) is 0 Å². The summed E-state index contributed by atoms with van der Waals surface area (Å²) in [7, 11) is 1.34. The number of allylic oxidation sites excluding steroid dienone is 3. The number of ether oxygens (including phenoxy) is 1. The highest BCUT2D eigenvalue weighted by Crippen LogP contribution is 2.14. The molecule has 0 aromatic carbocycles. The zero-order valence-electron chi connectivity index (χ0n) is 8.85. The molecule has 0 saturated carbocycles. The van der Waals surface area contributed by atoms with Crippen LogP contribution in [-0.4, -0.2) is 18.4 Å². The summed E-state index contributed by atoms with van der Waals surface area (Å²) < 4.78 is 4.64. The Kier molecular flexibility index (Phi) is 7.44. The van der Waals surface area contributed by atoms with Crippen LogP contribution in [0, 0.1) is 0 Å². The van der Waals surface area contributed by atoms with Crippen molar-refractivity contribution in [3.05, 3.63) is 34.9 Å². The molecule has 15 heavy (non-hydrogen) atoms. The molecule has 0 unspecified atom stereocenters. The van der Waals surface area contributed by atoms with E-state index in [-0.39, 0.29) is 0 Å². The first kappa shape index (κ1) is 14.5. The predicted molar refractivity (Wildman–Crippen MR) is 67.3 cm³/mol. The SMILES string of the molecule is C=C(CBr)/C(=C\C=C(\Cl)CC)C(=O)OC. The quantitative estimate of drug-likeness (QED) is 0.335. The molecular formula is C11H14BrClO2. The molecule has 0 spiro atoms. The monoisotopic (exact) mass is 292 g/mol. The smallest absolute Gasteiger partial charge is 0.338 e. The molecule has 0 N–H and O–H groups in total. The average Bonchev–Trinajstić information content (AvgIpc) is 2.27. The minimum Gasteiger partial charge on any atom is -0.465 e. The standard InChI is InChI=1S/C11H14BrClO2/c1-4-9(13)5-6-10(8(2)7-12)11(14)15-3/h5-6H,2,4,7H2,1,3H3/b9-5+,10-6+. The van der Waals surface area contributed by atoms with Gasteiger partial charge in [-0.05, 0) is 24.1 Å². The minimum atomic E-state index is -0.406. The van der Waals surface area contributed by atoms with Crippen molar-refractivity contribution in [1.29, 1.82) is 0 Å². The van der Waals surface area contributed by atoms with E-state index < -0.39 is 5.97 Å². The predicted octanol–water partition coefficient (Wildman–Crippen LogP) is 3.57. The van der Waals surface area contributed by atoms with E-state index in [0.29, 0.717) is 21.5 Å². The van der Waals surface area contributed by atoms with Gasteiger partial charge in [-0.1, -0.05) is 41.0 Å². The van der Waals surface area contributed by atoms with Gasteiger partial charge in [0.05, 0.1) is 12.7 Å². The van der Waals surface area contributed by atoms with Crippen LogP contribution in [0.25, 0.3) is 0 Å². The molecule has 0 heterocycles. The lowest BCUT2D eigenvalue weighted by atomic mass is 10.1. The Morgan fingerprint density at radius 3 is 2.53 bits per heavy atom. The zero-order valence-corrected chi connectivity index (χ0v) is 11.2. The van der Waals surface area contributed by atoms with Gasteiger partial charge in [-0.2, -0.15) is 0 Å². The normalized spacial score (nSPS) is 12.5. The third-order valence-electron chi connectivity index (χ3n) is 1.72. The lowest BCUT2D eigenvalue weighted by Crippen LogP contribution is -2.07. The van der Waals surface area contributed by atoms with Crippen LogP contribution in [0.5, 0.6) is 0 Å². The Morgan fingerprint density at radius 1 is 1.53 bits per heavy atom. The number of rotatable bonds is 5. The molecule has 0 aliphatic carbocycles. The summed E-state index contributed by atoms with van der Waals surface area (Å²) in [5.74, 6) is -0.406. The third kappa shape index (κ3) is 5.19. The largest absolute Gasteiger partial charge is 0.465 e. The zero-order chi connectivity index (χ0) is 11.8. The van der Waals surface area contributed by atoms with Crippen molar-refractivity contribution in [1.82, 2.24) is 0 Å². The van der Waals surface area contributed by atoms with Gasteiger partial charge in [-0.25, -0.2) is 4.79 Å². The van der Waals surface area contributed by atoms with Gasteiger partial charge in [0.15, 0.2) is 0 Å². The number of halogens is 2. The van der Waals surface area contributed by atoms with Crippen LogP contribution >= 0.6 is 27.5 Å². The van der Waals surface area contributed by atoms with Gasteiger partial charge >= 0.3 is 5.97 Å². The maximum Gasteiger partial charge on any atom is 0.338 e. The first-order valence-electron chi connectivity index (χ1n) is 4.45. The van der Waals surface area contributed by atoms with Gasteiger partial charge in [-0.3, -0.25) is 0 Å². The second-order valence-corrected chi connectivity index (χ2v) is 3.82. The highest BCUT2D eigenvalue weighted by Gasteiger charge is 2.11. The van der Waals surface area contributed by atoms with Crippen LogP contribution < -0.4 is 0 Å². The van der Waals surface area contributed by atoms with Gasteiger partial charge in [0.1, 0.15) is 0 Å². The van der Waals surface area contributed by atoms with Crippen molar-refractivity contribution in [2.45, 2.75) is 13.3 Å². The molecule has 0 radical (unpaired) electrons. The lowest BCUT2D eigenvalue weighted by Gasteiger charge is -2.04. The minimum absolute atomic E-state index is 0.406. The van der Waals surface area contributed by atoms with Gasteiger partial charge in [-0.15, -0.1) is 0 Å². The van der Waals surface area contributed by atoms with E-state index in [0.717, 1.165) is 6.42 Å². The summed E-state index contributed by atoms with van der Waals surface area (Å²) in [5, 5.41) is 1.20. The molecule has 0 saturated heterocycles. The number of esters is 1. The second kappa shape index (κ2) is 7.71. The lowest BCUT2D eigenvalue weighted by molar-refractivity contribution is -0.135. The van der Waals surface area contributed by atoms with Crippen LogP contribution in [-0.2, 0) is 9.53 Å². The molecule has 0 aliphatic rings. The van der Waals surface area contributed by atoms with Gasteiger partial charge in [0.2, 0.25) is 0 Å². The van der Waals surface area contributed by atoms with E-state index >= 15 is 0 Å². The maximum atomic E-state index is 11.4. The Labute approximate surface area is 104 Å². The van der Waals surface area contributed by atoms with Crippen molar-refractivity contribution >= 4 is 33.5 Å². The van der Waals surface area contributed by atoms with Crippen molar-refractivity contribution < 1.29 is 9.53 Å². The highest BCUT2D eigenvalue weighted by atomic mass is 79.9. The van der Waals surface area contributed by atoms with E-state index in [2.05, 4.69) is 27.2 Å². The van der Waals surface area contributed by atoms with Crippen LogP contribution in [0.4, 0.5) is 0 Å². The third-order valence-corrected chi connectivity index (χ3v) is 2.79. The molecule has 0 aromatic heterocycles. The molecule has 4 heteroatoms. The van der Waals surface area contributed by atoms with Gasteiger partial charge < -0.3 is 4.74 Å². The molecule has 0 aliphatic heterocycles. The maximum absolute atomic E-state index is 11.4. The number of hydrogen-bond donors (Lipinski definition) is 0. The molecule has 0 aromatic rings. The number of hydrogen-bond acceptors (Lipinski definition) is 2. The summed E-state index contributed by atoms with van der Waals surface area (Å²) in [5.41, 5.74) is 1.10. The number of carbonyl (C=O) groups is 1. The van der Waals surface area contributed by atoms with Crippen molar-refractivity contribution in [2.75, 3.05) is 12.4 Å². The molecule has 0 fully saturated rings. The Bertz CT molecular complexity index is 288. The van der Waals surface area contributed by atoms with E-state index in [1.165, 1.54) is 7.11 Å². The summed E-state index contributed by atoms with van der Waals surface area (Å²) in [6, 6.07) is 0. The van der Waals surface area contributed by atoms with Gasteiger partial charge in [0, 0.05) is 10.4 Å². The molecule has 0 bridgehead atoms. The Morgan fingerprint density at radius 2 is 2.13 bits per heavy atom. The fourth-order valence-electron chi connectivity index (χ4n) is 0.804. The molecule has 0 rings (SSSR count). The molecule has 0 amide bonds. The van der Waals surface area contributed by atoms with Crippen molar-refractivity contribution in [3.63, 3.8) is 0 Å². The summed E-state index contributed by atoms with van der Waals surface area (Å²) >= 11 is 9.06. The molecule has 0 atom stereocenters. The van der Waals surface area contributed by atoms with E-state index in [1.807, 2.05) is 6.92 Å².